The van der Waals surface area contributed by atoms with Crippen LogP contribution in [0.4, 0.5) is 9.59 Å². The largest absolute Gasteiger partial charge is 0.465 e. The van der Waals surface area contributed by atoms with Gasteiger partial charge in [0.2, 0.25) is 0 Å². The molecular weight excluding hydrogens is 240 g/mol. The topological polar surface area (TPSA) is 95.9 Å². The summed E-state index contributed by atoms with van der Waals surface area (Å²) in [6, 6.07) is 0. The Kier molecular flexibility index (Phi) is 3.83. The van der Waals surface area contributed by atoms with E-state index in [1.165, 1.54) is 4.90 Å². The maximum Gasteiger partial charge on any atom is 0.410 e. The Labute approximate surface area is 105 Å². The molecule has 0 aromatic heterocycles. The molecule has 1 fully saturated rings. The third kappa shape index (κ3) is 3.61. The van der Waals surface area contributed by atoms with E-state index in [9.17, 15) is 14.4 Å². The van der Waals surface area contributed by atoms with E-state index in [1.54, 1.807) is 20.8 Å². The minimum Gasteiger partial charge on any atom is -0.465 e. The molecule has 0 spiro atoms. The number of hydrogen-bond acceptors (Lipinski definition) is 4. The first-order valence-corrected chi connectivity index (χ1v) is 5.63. The first-order chi connectivity index (χ1) is 8.17. The second-order valence-electron chi connectivity index (χ2n) is 5.36. The van der Waals surface area contributed by atoms with Crippen LogP contribution in [0.25, 0.3) is 0 Å². The SMILES string of the molecule is CC(C)(C)OC(=O)N1CC[C@@](C=O)(NC(=O)O)C1. The van der Waals surface area contributed by atoms with Crippen LogP contribution < -0.4 is 5.32 Å². The van der Waals surface area contributed by atoms with Crippen LogP contribution in [0.5, 0.6) is 0 Å². The van der Waals surface area contributed by atoms with E-state index in [0.29, 0.717) is 6.29 Å². The van der Waals surface area contributed by atoms with Gasteiger partial charge in [-0.15, -0.1) is 0 Å². The first kappa shape index (κ1) is 14.3. The highest BCUT2D eigenvalue weighted by atomic mass is 16.6. The van der Waals surface area contributed by atoms with Gasteiger partial charge in [0.1, 0.15) is 17.4 Å². The Balaban J connectivity index is 2.67. The van der Waals surface area contributed by atoms with E-state index in [0.717, 1.165) is 0 Å². The number of likely N-dealkylation sites (tertiary alicyclic amines) is 1. The number of nitrogens with zero attached hydrogens (tertiary/aromatic N) is 1. The molecule has 0 aliphatic carbocycles. The average molecular weight is 258 g/mol. The van der Waals surface area contributed by atoms with Crippen molar-refractivity contribution in [2.75, 3.05) is 13.1 Å². The molecule has 1 aliphatic rings. The van der Waals surface area contributed by atoms with Crippen molar-refractivity contribution in [1.29, 1.82) is 0 Å². The van der Waals surface area contributed by atoms with Crippen LogP contribution in [0, 0.1) is 0 Å². The van der Waals surface area contributed by atoms with Gasteiger partial charge in [-0.3, -0.25) is 0 Å². The number of aldehydes is 1. The van der Waals surface area contributed by atoms with E-state index < -0.39 is 23.3 Å². The standard InChI is InChI=1S/C11H18N2O5/c1-10(2,3)18-9(17)13-5-4-11(6-13,7-14)12-8(15)16/h7,12H,4-6H2,1-3H3,(H,15,16)/t11-/m1/s1. The summed E-state index contributed by atoms with van der Waals surface area (Å²) in [7, 11) is 0. The number of carbonyl (C=O) groups is 3. The quantitative estimate of drug-likeness (QED) is 0.715. The lowest BCUT2D eigenvalue weighted by atomic mass is 10.0. The number of amides is 2. The van der Waals surface area contributed by atoms with Crippen molar-refractivity contribution in [3.05, 3.63) is 0 Å². The van der Waals surface area contributed by atoms with Gasteiger partial charge in [-0.1, -0.05) is 0 Å². The zero-order valence-electron chi connectivity index (χ0n) is 10.7. The third-order valence-electron chi connectivity index (χ3n) is 2.53. The summed E-state index contributed by atoms with van der Waals surface area (Å²) in [5, 5.41) is 10.8. The summed E-state index contributed by atoms with van der Waals surface area (Å²) in [5.74, 6) is 0. The number of carbonyl (C=O) groups excluding carboxylic acids is 2. The summed E-state index contributed by atoms with van der Waals surface area (Å²) >= 11 is 0. The van der Waals surface area contributed by atoms with Crippen LogP contribution in [0.3, 0.4) is 0 Å². The summed E-state index contributed by atoms with van der Waals surface area (Å²) < 4.78 is 5.16. The van der Waals surface area contributed by atoms with Crippen molar-refractivity contribution >= 4 is 18.5 Å². The van der Waals surface area contributed by atoms with E-state index in [-0.39, 0.29) is 19.5 Å². The van der Waals surface area contributed by atoms with Gasteiger partial charge in [-0.2, -0.15) is 0 Å². The van der Waals surface area contributed by atoms with Gasteiger partial charge in [0.25, 0.3) is 0 Å². The molecule has 7 nitrogen and oxygen atoms in total. The Morgan fingerprint density at radius 2 is 2.06 bits per heavy atom. The fourth-order valence-electron chi connectivity index (χ4n) is 1.76. The Bertz CT molecular complexity index is 363. The van der Waals surface area contributed by atoms with E-state index >= 15 is 0 Å². The number of hydrogen-bond donors (Lipinski definition) is 2. The molecule has 7 heteroatoms. The van der Waals surface area contributed by atoms with Crippen molar-refractivity contribution in [3.63, 3.8) is 0 Å². The van der Waals surface area contributed by atoms with Gasteiger partial charge in [-0.05, 0) is 27.2 Å². The highest BCUT2D eigenvalue weighted by molar-refractivity contribution is 5.78. The monoisotopic (exact) mass is 258 g/mol. The molecule has 0 bridgehead atoms. The lowest BCUT2D eigenvalue weighted by molar-refractivity contribution is -0.112. The summed E-state index contributed by atoms with van der Waals surface area (Å²) in [6.45, 7) is 5.50. The summed E-state index contributed by atoms with van der Waals surface area (Å²) in [4.78, 5) is 34.7. The smallest absolute Gasteiger partial charge is 0.410 e. The van der Waals surface area contributed by atoms with Gasteiger partial charge < -0.3 is 24.9 Å². The van der Waals surface area contributed by atoms with Gasteiger partial charge in [0.05, 0.1) is 6.54 Å². The van der Waals surface area contributed by atoms with Crippen LogP contribution in [-0.2, 0) is 9.53 Å². The van der Waals surface area contributed by atoms with Crippen molar-refractivity contribution in [2.24, 2.45) is 0 Å². The van der Waals surface area contributed by atoms with Gasteiger partial charge in [0, 0.05) is 6.54 Å². The van der Waals surface area contributed by atoms with Gasteiger partial charge in [0.15, 0.2) is 0 Å². The maximum absolute atomic E-state index is 11.8. The molecule has 0 aromatic carbocycles. The highest BCUT2D eigenvalue weighted by Crippen LogP contribution is 2.21. The van der Waals surface area contributed by atoms with Gasteiger partial charge >= 0.3 is 12.2 Å². The molecule has 18 heavy (non-hydrogen) atoms. The van der Waals surface area contributed by atoms with Crippen molar-refractivity contribution < 1.29 is 24.2 Å². The first-order valence-electron chi connectivity index (χ1n) is 5.63. The molecule has 0 unspecified atom stereocenters. The van der Waals surface area contributed by atoms with E-state index in [2.05, 4.69) is 5.32 Å². The number of nitrogens with one attached hydrogen (secondary N) is 1. The summed E-state index contributed by atoms with van der Waals surface area (Å²) in [5.41, 5.74) is -1.84. The predicted octanol–water partition coefficient (Wildman–Crippen LogP) is 0.833. The van der Waals surface area contributed by atoms with Crippen LogP contribution in [0.15, 0.2) is 0 Å². The minimum absolute atomic E-state index is 0.00227. The normalized spacial score (nSPS) is 23.6. The molecule has 1 aliphatic heterocycles. The van der Waals surface area contributed by atoms with Crippen molar-refractivity contribution in [3.8, 4) is 0 Å². The maximum atomic E-state index is 11.8. The number of carboxylic acid groups (broad SMARTS) is 1. The molecule has 1 heterocycles. The Morgan fingerprint density at radius 1 is 1.44 bits per heavy atom. The zero-order valence-corrected chi connectivity index (χ0v) is 10.7. The van der Waals surface area contributed by atoms with Crippen LogP contribution in [0.1, 0.15) is 27.2 Å². The predicted molar refractivity (Wildman–Crippen MR) is 62.4 cm³/mol. The Morgan fingerprint density at radius 3 is 2.50 bits per heavy atom. The Hall–Kier alpha value is -1.79. The molecular formula is C11H18N2O5. The second kappa shape index (κ2) is 4.83. The van der Waals surface area contributed by atoms with Crippen molar-refractivity contribution in [1.82, 2.24) is 10.2 Å². The molecule has 0 radical (unpaired) electrons. The van der Waals surface area contributed by atoms with E-state index in [1.807, 2.05) is 0 Å². The van der Waals surface area contributed by atoms with Crippen molar-refractivity contribution in [2.45, 2.75) is 38.3 Å². The van der Waals surface area contributed by atoms with Crippen LogP contribution >= 0.6 is 0 Å². The lowest BCUT2D eigenvalue weighted by Gasteiger charge is -2.26. The summed E-state index contributed by atoms with van der Waals surface area (Å²) in [6.07, 6.45) is -1.04. The molecule has 1 atom stereocenters. The minimum atomic E-state index is -1.28. The average Bonchev–Trinajstić information content (AvgIpc) is 2.59. The molecule has 1 rings (SSSR count). The third-order valence-corrected chi connectivity index (χ3v) is 2.53. The second-order valence-corrected chi connectivity index (χ2v) is 5.36. The fourth-order valence-corrected chi connectivity index (χ4v) is 1.76. The molecule has 102 valence electrons. The molecule has 2 N–H and O–H groups in total. The molecule has 0 saturated carbocycles. The van der Waals surface area contributed by atoms with Crippen LogP contribution in [-0.4, -0.2) is 52.7 Å². The highest BCUT2D eigenvalue weighted by Gasteiger charge is 2.42. The molecule has 2 amide bonds. The van der Waals surface area contributed by atoms with Crippen LogP contribution in [0.2, 0.25) is 0 Å². The number of rotatable bonds is 2. The lowest BCUT2D eigenvalue weighted by Crippen LogP contribution is -2.52. The molecule has 0 aromatic rings. The fraction of sp³-hybridized carbons (Fsp3) is 0.727. The molecule has 1 saturated heterocycles. The zero-order chi connectivity index (χ0) is 14.0. The van der Waals surface area contributed by atoms with E-state index in [4.69, 9.17) is 9.84 Å². The van der Waals surface area contributed by atoms with Gasteiger partial charge in [-0.25, -0.2) is 9.59 Å². The number of ether oxygens (including phenoxy) is 1.